The molecule has 1 aliphatic heterocycles. The zero-order valence-corrected chi connectivity index (χ0v) is 12.2. The van der Waals surface area contributed by atoms with Gasteiger partial charge in [0.25, 0.3) is 5.69 Å². The number of carbonyl (C=O) groups excluding carboxylic acids is 1. The minimum atomic E-state index is -0.409. The number of ketones is 1. The number of rotatable bonds is 2. The van der Waals surface area contributed by atoms with Crippen LogP contribution in [0.25, 0.3) is 16.6 Å². The Morgan fingerprint density at radius 1 is 1.00 bits per heavy atom. The number of nitro benzene ring substituents is 1. The first-order valence-corrected chi connectivity index (χ1v) is 7.26. The van der Waals surface area contributed by atoms with E-state index in [9.17, 15) is 14.9 Å². The highest BCUT2D eigenvalue weighted by atomic mass is 16.6. The van der Waals surface area contributed by atoms with Crippen molar-refractivity contribution in [2.45, 2.75) is 6.54 Å². The summed E-state index contributed by atoms with van der Waals surface area (Å²) >= 11 is 0. The van der Waals surface area contributed by atoms with Crippen LogP contribution in [-0.2, 0) is 6.54 Å². The minimum Gasteiger partial charge on any atom is -0.323 e. The number of Topliss-reactive ketones (excluding diaryl/α,β-unsaturated/α-hetero) is 1. The van der Waals surface area contributed by atoms with E-state index in [1.54, 1.807) is 12.1 Å². The van der Waals surface area contributed by atoms with Crippen molar-refractivity contribution in [3.63, 3.8) is 0 Å². The lowest BCUT2D eigenvalue weighted by Gasteiger charge is -2.11. The Bertz CT molecular complexity index is 942. The molecule has 114 valence electrons. The van der Waals surface area contributed by atoms with Gasteiger partial charge in [-0.05, 0) is 41.0 Å². The number of pyridine rings is 1. The molecule has 0 saturated heterocycles. The number of aromatic nitrogens is 1. The van der Waals surface area contributed by atoms with E-state index in [0.29, 0.717) is 18.7 Å². The van der Waals surface area contributed by atoms with E-state index in [1.165, 1.54) is 12.1 Å². The van der Waals surface area contributed by atoms with Gasteiger partial charge in [-0.2, -0.15) is 0 Å². The highest BCUT2D eigenvalue weighted by Gasteiger charge is 2.21. The summed E-state index contributed by atoms with van der Waals surface area (Å²) in [6.07, 6.45) is 3.80. The molecular weight excluding hydrogens is 294 g/mol. The molecule has 1 N–H and O–H groups in total. The van der Waals surface area contributed by atoms with Crippen LogP contribution in [-0.4, -0.2) is 21.7 Å². The van der Waals surface area contributed by atoms with Crippen LogP contribution < -0.4 is 5.32 Å². The van der Waals surface area contributed by atoms with Gasteiger partial charge < -0.3 is 9.72 Å². The standard InChI is InChI=1S/C17H13N3O3/c21-16-10-18-9-15-13(5-7-19-8-6-14(16)17(15)19)11-1-3-12(4-2-11)20(22)23/h1-8,18H,9-10H2. The SMILES string of the molecule is O=C1CNCc2c(-c3ccc([N+](=O)[O-])cc3)ccn3ccc1c23. The fraction of sp³-hybridized carbons (Fsp3) is 0.118. The smallest absolute Gasteiger partial charge is 0.269 e. The average Bonchev–Trinajstić information content (AvgIpc) is 2.91. The Kier molecular flexibility index (Phi) is 2.99. The number of hydrogen-bond donors (Lipinski definition) is 1. The van der Waals surface area contributed by atoms with Crippen LogP contribution in [0.5, 0.6) is 0 Å². The summed E-state index contributed by atoms with van der Waals surface area (Å²) in [5.74, 6) is 0.0760. The van der Waals surface area contributed by atoms with Gasteiger partial charge in [0, 0.05) is 36.6 Å². The molecule has 0 unspecified atom stereocenters. The monoisotopic (exact) mass is 307 g/mol. The fourth-order valence-corrected chi connectivity index (χ4v) is 3.11. The van der Waals surface area contributed by atoms with E-state index in [1.807, 2.05) is 28.9 Å². The number of carbonyl (C=O) groups is 1. The zero-order valence-electron chi connectivity index (χ0n) is 12.2. The molecule has 0 amide bonds. The van der Waals surface area contributed by atoms with Crippen LogP contribution in [0.3, 0.4) is 0 Å². The molecule has 0 bridgehead atoms. The molecule has 23 heavy (non-hydrogen) atoms. The molecule has 6 nitrogen and oxygen atoms in total. The van der Waals surface area contributed by atoms with Gasteiger partial charge in [0.15, 0.2) is 5.78 Å². The number of nitrogens with zero attached hydrogens (tertiary/aromatic N) is 2. The van der Waals surface area contributed by atoms with Crippen LogP contribution in [0.2, 0.25) is 0 Å². The van der Waals surface area contributed by atoms with Crippen molar-refractivity contribution in [1.82, 2.24) is 9.72 Å². The summed E-state index contributed by atoms with van der Waals surface area (Å²) in [6, 6.07) is 10.3. The molecule has 0 spiro atoms. The Morgan fingerprint density at radius 3 is 2.39 bits per heavy atom. The molecule has 3 heterocycles. The van der Waals surface area contributed by atoms with Gasteiger partial charge in [-0.25, -0.2) is 0 Å². The molecule has 1 aliphatic rings. The van der Waals surface area contributed by atoms with Crippen LogP contribution >= 0.6 is 0 Å². The second kappa shape index (κ2) is 5.03. The van der Waals surface area contributed by atoms with E-state index in [0.717, 1.165) is 22.2 Å². The van der Waals surface area contributed by atoms with E-state index >= 15 is 0 Å². The molecule has 1 aromatic carbocycles. The Balaban J connectivity index is 1.93. The average molecular weight is 307 g/mol. The quantitative estimate of drug-likeness (QED) is 0.583. The third-order valence-electron chi connectivity index (χ3n) is 4.20. The lowest BCUT2D eigenvalue weighted by atomic mass is 9.98. The first kappa shape index (κ1) is 13.7. The Labute approximate surface area is 131 Å². The predicted octanol–water partition coefficient (Wildman–Crippen LogP) is 2.80. The van der Waals surface area contributed by atoms with Crippen LogP contribution in [0.4, 0.5) is 5.69 Å². The molecule has 0 fully saturated rings. The summed E-state index contributed by atoms with van der Waals surface area (Å²) in [5, 5.41) is 14.0. The van der Waals surface area contributed by atoms with Gasteiger partial charge in [0.05, 0.1) is 17.0 Å². The van der Waals surface area contributed by atoms with Gasteiger partial charge in [0.1, 0.15) is 0 Å². The Morgan fingerprint density at radius 2 is 1.70 bits per heavy atom. The maximum Gasteiger partial charge on any atom is 0.269 e. The maximum atomic E-state index is 12.2. The molecule has 0 radical (unpaired) electrons. The highest BCUT2D eigenvalue weighted by Crippen LogP contribution is 2.31. The number of nitro groups is 1. The molecule has 2 aromatic heterocycles. The first-order valence-electron chi connectivity index (χ1n) is 7.26. The Hall–Kier alpha value is -2.99. The normalized spacial score (nSPS) is 14.0. The first-order chi connectivity index (χ1) is 11.1. The summed E-state index contributed by atoms with van der Waals surface area (Å²) in [7, 11) is 0. The zero-order chi connectivity index (χ0) is 16.0. The van der Waals surface area contributed by atoms with Crippen LogP contribution in [0, 0.1) is 10.1 Å². The molecule has 4 rings (SSSR count). The van der Waals surface area contributed by atoms with Crippen LogP contribution in [0.15, 0.2) is 48.8 Å². The molecule has 0 saturated carbocycles. The highest BCUT2D eigenvalue weighted by molar-refractivity contribution is 6.06. The lowest BCUT2D eigenvalue weighted by Crippen LogP contribution is -2.19. The number of nitrogens with one attached hydrogen (secondary N) is 1. The van der Waals surface area contributed by atoms with Gasteiger partial charge >= 0.3 is 0 Å². The number of hydrogen-bond acceptors (Lipinski definition) is 4. The molecule has 0 atom stereocenters. The van der Waals surface area contributed by atoms with E-state index < -0.39 is 4.92 Å². The summed E-state index contributed by atoms with van der Waals surface area (Å²) in [6.45, 7) is 0.896. The summed E-state index contributed by atoms with van der Waals surface area (Å²) in [5.41, 5.74) is 4.61. The number of non-ortho nitro benzene ring substituents is 1. The summed E-state index contributed by atoms with van der Waals surface area (Å²) in [4.78, 5) is 22.6. The maximum absolute atomic E-state index is 12.2. The third-order valence-corrected chi connectivity index (χ3v) is 4.20. The largest absolute Gasteiger partial charge is 0.323 e. The van der Waals surface area contributed by atoms with Crippen molar-refractivity contribution in [1.29, 1.82) is 0 Å². The van der Waals surface area contributed by atoms with Gasteiger partial charge in [-0.3, -0.25) is 14.9 Å². The second-order valence-corrected chi connectivity index (χ2v) is 5.52. The van der Waals surface area contributed by atoms with E-state index in [2.05, 4.69) is 5.32 Å². The third kappa shape index (κ3) is 2.11. The lowest BCUT2D eigenvalue weighted by molar-refractivity contribution is -0.384. The van der Waals surface area contributed by atoms with E-state index in [4.69, 9.17) is 0 Å². The van der Waals surface area contributed by atoms with Crippen molar-refractivity contribution in [2.24, 2.45) is 0 Å². The van der Waals surface area contributed by atoms with Crippen molar-refractivity contribution < 1.29 is 9.72 Å². The van der Waals surface area contributed by atoms with E-state index in [-0.39, 0.29) is 11.5 Å². The van der Waals surface area contributed by atoms with Crippen molar-refractivity contribution in [3.05, 3.63) is 70.0 Å². The van der Waals surface area contributed by atoms with Gasteiger partial charge in [0.2, 0.25) is 0 Å². The fourth-order valence-electron chi connectivity index (χ4n) is 3.11. The topological polar surface area (TPSA) is 76.6 Å². The van der Waals surface area contributed by atoms with Crippen molar-refractivity contribution >= 4 is 17.0 Å². The number of benzene rings is 1. The predicted molar refractivity (Wildman–Crippen MR) is 85.5 cm³/mol. The minimum absolute atomic E-state index is 0.0670. The van der Waals surface area contributed by atoms with Gasteiger partial charge in [-0.15, -0.1) is 0 Å². The molecule has 3 aromatic rings. The van der Waals surface area contributed by atoms with Gasteiger partial charge in [-0.1, -0.05) is 0 Å². The van der Waals surface area contributed by atoms with Crippen molar-refractivity contribution in [3.8, 4) is 11.1 Å². The molecule has 0 aliphatic carbocycles. The second-order valence-electron chi connectivity index (χ2n) is 5.52. The van der Waals surface area contributed by atoms with Crippen molar-refractivity contribution in [2.75, 3.05) is 6.54 Å². The molecule has 6 heteroatoms. The molecular formula is C17H13N3O3. The van der Waals surface area contributed by atoms with Crippen LogP contribution in [0.1, 0.15) is 15.9 Å². The summed E-state index contributed by atoms with van der Waals surface area (Å²) < 4.78 is 1.95.